The van der Waals surface area contributed by atoms with Gasteiger partial charge in [-0.3, -0.25) is 4.79 Å². The zero-order valence-electron chi connectivity index (χ0n) is 26.7. The minimum absolute atomic E-state index is 0.114. The molecule has 1 spiro atoms. The van der Waals surface area contributed by atoms with E-state index >= 15 is 0 Å². The number of aromatic nitrogens is 2. The molecule has 4 aliphatic rings. The summed E-state index contributed by atoms with van der Waals surface area (Å²) in [6.45, 7) is 14.4. The minimum Gasteiger partial charge on any atom is -0.489 e. The number of aliphatic hydroxyl groups excluding tert-OH is 1. The lowest BCUT2D eigenvalue weighted by atomic mass is 9.49. The van der Waals surface area contributed by atoms with Crippen LogP contribution in [-0.4, -0.2) is 76.4 Å². The van der Waals surface area contributed by atoms with Crippen LogP contribution in [0.4, 0.5) is 5.95 Å². The normalized spacial score (nSPS) is 26.4. The molecule has 2 aromatic rings. The van der Waals surface area contributed by atoms with Crippen molar-refractivity contribution in [2.24, 2.45) is 16.2 Å². The molecule has 6 rings (SSSR count). The second kappa shape index (κ2) is 11.5. The Morgan fingerprint density at radius 2 is 1.68 bits per heavy atom. The van der Waals surface area contributed by atoms with Gasteiger partial charge in [-0.15, -0.1) is 6.42 Å². The van der Waals surface area contributed by atoms with Crippen LogP contribution in [0, 0.1) is 35.5 Å². The lowest BCUT2D eigenvalue weighted by Gasteiger charge is -2.63. The second-order valence-corrected chi connectivity index (χ2v) is 15.2. The highest BCUT2D eigenvalue weighted by atomic mass is 35.5. The van der Waals surface area contributed by atoms with Crippen LogP contribution in [0.25, 0.3) is 0 Å². The van der Waals surface area contributed by atoms with Crippen molar-refractivity contribution in [3.63, 3.8) is 0 Å². The van der Waals surface area contributed by atoms with Gasteiger partial charge in [-0.05, 0) is 57.6 Å². The first-order valence-electron chi connectivity index (χ1n) is 16.1. The number of nitrogens with one attached hydrogen (secondary N) is 1. The molecule has 3 heterocycles. The van der Waals surface area contributed by atoms with Crippen molar-refractivity contribution in [1.29, 1.82) is 0 Å². The van der Waals surface area contributed by atoms with Gasteiger partial charge in [0.1, 0.15) is 11.9 Å². The van der Waals surface area contributed by atoms with Gasteiger partial charge in [-0.25, -0.2) is 9.97 Å². The number of rotatable bonds is 6. The molecular weight excluding hydrogens is 574 g/mol. The van der Waals surface area contributed by atoms with Gasteiger partial charge in [-0.1, -0.05) is 45.2 Å². The highest BCUT2D eigenvalue weighted by molar-refractivity contribution is 6.32. The monoisotopic (exact) mass is 619 g/mol. The first kappa shape index (κ1) is 31.1. The van der Waals surface area contributed by atoms with Gasteiger partial charge in [0.15, 0.2) is 0 Å². The molecule has 236 valence electrons. The van der Waals surface area contributed by atoms with Crippen LogP contribution in [0.5, 0.6) is 5.75 Å². The zero-order valence-corrected chi connectivity index (χ0v) is 27.5. The maximum Gasteiger partial charge on any atom is 0.254 e. The van der Waals surface area contributed by atoms with Crippen LogP contribution < -0.4 is 15.0 Å². The molecule has 8 nitrogen and oxygen atoms in total. The van der Waals surface area contributed by atoms with Crippen LogP contribution >= 0.6 is 11.6 Å². The Balaban J connectivity index is 1.02. The molecule has 2 aliphatic carbocycles. The van der Waals surface area contributed by atoms with Crippen molar-refractivity contribution in [2.75, 3.05) is 31.1 Å². The van der Waals surface area contributed by atoms with Crippen LogP contribution in [0.2, 0.25) is 5.02 Å². The third-order valence-corrected chi connectivity index (χ3v) is 11.6. The predicted octanol–water partition coefficient (Wildman–Crippen LogP) is 5.24. The molecule has 2 saturated carbocycles. The van der Waals surface area contributed by atoms with Gasteiger partial charge >= 0.3 is 0 Å². The Labute approximate surface area is 266 Å². The van der Waals surface area contributed by atoms with E-state index in [2.05, 4.69) is 58.7 Å². The summed E-state index contributed by atoms with van der Waals surface area (Å²) in [5.41, 5.74) is 1.62. The quantitative estimate of drug-likeness (QED) is 0.428. The highest BCUT2D eigenvalue weighted by Crippen LogP contribution is 2.56. The molecule has 2 aliphatic heterocycles. The van der Waals surface area contributed by atoms with E-state index in [9.17, 15) is 9.90 Å². The summed E-state index contributed by atoms with van der Waals surface area (Å²) in [7, 11) is 0. The molecule has 2 N–H and O–H groups in total. The number of anilines is 1. The number of carbonyl (C=O) groups is 1. The molecule has 1 amide bonds. The molecular formula is C35H46ClN5O3. The van der Waals surface area contributed by atoms with Crippen molar-refractivity contribution in [2.45, 2.75) is 97.4 Å². The number of likely N-dealkylation sites (tertiary alicyclic amines) is 1. The number of carbonyl (C=O) groups excluding carboxylic acids is 1. The number of ether oxygens (including phenoxy) is 1. The van der Waals surface area contributed by atoms with Crippen molar-refractivity contribution >= 4 is 23.5 Å². The Morgan fingerprint density at radius 3 is 2.27 bits per heavy atom. The van der Waals surface area contributed by atoms with Crippen molar-refractivity contribution in [3.05, 3.63) is 46.2 Å². The molecule has 9 heteroatoms. The summed E-state index contributed by atoms with van der Waals surface area (Å²) in [5, 5.41) is 13.6. The number of piperidine rings is 1. The first-order chi connectivity index (χ1) is 20.8. The molecule has 44 heavy (non-hydrogen) atoms. The Bertz CT molecular complexity index is 1410. The van der Waals surface area contributed by atoms with Crippen LogP contribution in [-0.2, 0) is 0 Å². The molecule has 0 bridgehead atoms. The number of hydrogen-bond acceptors (Lipinski definition) is 7. The van der Waals surface area contributed by atoms with E-state index in [1.54, 1.807) is 18.5 Å². The zero-order chi connectivity index (χ0) is 31.4. The largest absolute Gasteiger partial charge is 0.489 e. The number of terminal acetylenes is 1. The molecule has 1 aromatic carbocycles. The summed E-state index contributed by atoms with van der Waals surface area (Å²) < 4.78 is 6.51. The van der Waals surface area contributed by atoms with E-state index in [0.717, 1.165) is 44.6 Å². The maximum absolute atomic E-state index is 13.3. The van der Waals surface area contributed by atoms with Gasteiger partial charge < -0.3 is 25.0 Å². The topological polar surface area (TPSA) is 90.8 Å². The van der Waals surface area contributed by atoms with E-state index < -0.39 is 0 Å². The minimum atomic E-state index is -0.329. The number of benzene rings is 1. The van der Waals surface area contributed by atoms with Gasteiger partial charge in [0, 0.05) is 78.0 Å². The molecule has 2 saturated heterocycles. The SMILES string of the molecule is C#Cc1ccc(OC2C(C)(C)C(NC(=O)c3cnc(N4CC5(CCC(N6CCC(O)CC6)CC5)C4)nc3)C2(C)C)c(C)c1Cl. The molecule has 1 aromatic heterocycles. The van der Waals surface area contributed by atoms with Crippen LogP contribution in [0.3, 0.4) is 0 Å². The van der Waals surface area contributed by atoms with E-state index in [1.165, 1.54) is 25.7 Å². The van der Waals surface area contributed by atoms with Gasteiger partial charge in [0.2, 0.25) is 5.95 Å². The summed E-state index contributed by atoms with van der Waals surface area (Å²) in [4.78, 5) is 27.4. The standard InChI is InChI=1S/C35H46ClN5O3/c1-7-23-8-9-27(22(2)28(23)36)44-31-33(3,4)30(34(31,5)6)39-29(43)24-18-37-32(38-19-24)41-20-35(21-41)14-10-25(11-15-35)40-16-12-26(42)13-17-40/h1,8-9,18-19,25-26,30-31,42H,10-17,20-21H2,2-6H3,(H,39,43). The average molecular weight is 620 g/mol. The second-order valence-electron chi connectivity index (χ2n) is 14.9. The predicted molar refractivity (Wildman–Crippen MR) is 173 cm³/mol. The maximum atomic E-state index is 13.3. The lowest BCUT2D eigenvalue weighted by Crippen LogP contribution is -2.74. The molecule has 4 fully saturated rings. The molecule has 0 atom stereocenters. The van der Waals surface area contributed by atoms with Gasteiger partial charge in [-0.2, -0.15) is 0 Å². The number of halogens is 1. The van der Waals surface area contributed by atoms with Crippen molar-refractivity contribution in [3.8, 4) is 18.1 Å². The fourth-order valence-corrected chi connectivity index (χ4v) is 8.91. The number of amides is 1. The highest BCUT2D eigenvalue weighted by Gasteiger charge is 2.64. The smallest absolute Gasteiger partial charge is 0.254 e. The number of hydrogen-bond donors (Lipinski definition) is 2. The van der Waals surface area contributed by atoms with E-state index in [1.807, 2.05) is 13.0 Å². The fourth-order valence-electron chi connectivity index (χ4n) is 8.70. The summed E-state index contributed by atoms with van der Waals surface area (Å²) in [6.07, 6.45) is 15.3. The van der Waals surface area contributed by atoms with Crippen LogP contribution in [0.15, 0.2) is 24.5 Å². The third kappa shape index (κ3) is 5.46. The Morgan fingerprint density at radius 1 is 1.07 bits per heavy atom. The third-order valence-electron chi connectivity index (χ3n) is 11.1. The molecule has 0 radical (unpaired) electrons. The Hall–Kier alpha value is -2.86. The van der Waals surface area contributed by atoms with E-state index in [-0.39, 0.29) is 35.0 Å². The van der Waals surface area contributed by atoms with Crippen molar-refractivity contribution < 1.29 is 14.6 Å². The fraction of sp³-hybridized carbons (Fsp3) is 0.629. The number of aliphatic hydroxyl groups is 1. The van der Waals surface area contributed by atoms with Crippen LogP contribution in [0.1, 0.15) is 87.7 Å². The lowest BCUT2D eigenvalue weighted by molar-refractivity contribution is -0.164. The average Bonchev–Trinajstić information content (AvgIpc) is 2.99. The molecule has 0 unspecified atom stereocenters. The van der Waals surface area contributed by atoms with Gasteiger partial charge in [0.25, 0.3) is 5.91 Å². The van der Waals surface area contributed by atoms with E-state index in [0.29, 0.717) is 39.3 Å². The summed E-state index contributed by atoms with van der Waals surface area (Å²) >= 11 is 6.47. The Kier molecular flexibility index (Phi) is 8.13. The van der Waals surface area contributed by atoms with Gasteiger partial charge in [0.05, 0.1) is 16.7 Å². The number of nitrogens with zero attached hydrogens (tertiary/aromatic N) is 4. The summed E-state index contributed by atoms with van der Waals surface area (Å²) in [6, 6.07) is 4.22. The van der Waals surface area contributed by atoms with Crippen molar-refractivity contribution in [1.82, 2.24) is 20.2 Å². The summed E-state index contributed by atoms with van der Waals surface area (Å²) in [5.74, 6) is 3.83. The first-order valence-corrected chi connectivity index (χ1v) is 16.4. The van der Waals surface area contributed by atoms with E-state index in [4.69, 9.17) is 22.8 Å².